The van der Waals surface area contributed by atoms with Crippen LogP contribution >= 0.6 is 0 Å². The lowest BCUT2D eigenvalue weighted by Gasteiger charge is -2.10. The summed E-state index contributed by atoms with van der Waals surface area (Å²) in [7, 11) is 1.51. The van der Waals surface area contributed by atoms with Gasteiger partial charge in [0.1, 0.15) is 35.6 Å². The second-order valence-corrected chi connectivity index (χ2v) is 6.82. The summed E-state index contributed by atoms with van der Waals surface area (Å²) in [5.41, 5.74) is 2.79. The first-order chi connectivity index (χ1) is 15.0. The van der Waals surface area contributed by atoms with Crippen LogP contribution in [0.25, 0.3) is 6.08 Å². The SMILES string of the molecule is COc1ccc(C)cc1NC(=O)/C(C#N)=C/c1ccc(OCc2cccc(F)c2)cc1. The lowest BCUT2D eigenvalue weighted by Crippen LogP contribution is -2.14. The van der Waals surface area contributed by atoms with E-state index in [0.29, 0.717) is 22.7 Å². The van der Waals surface area contributed by atoms with Crippen LogP contribution in [0.2, 0.25) is 0 Å². The van der Waals surface area contributed by atoms with Gasteiger partial charge in [-0.3, -0.25) is 4.79 Å². The van der Waals surface area contributed by atoms with Crippen LogP contribution in [0.4, 0.5) is 10.1 Å². The number of nitriles is 1. The molecular formula is C25H21FN2O3. The van der Waals surface area contributed by atoms with E-state index in [1.54, 1.807) is 48.5 Å². The molecule has 1 amide bonds. The Kier molecular flexibility index (Phi) is 7.02. The molecule has 0 fully saturated rings. The van der Waals surface area contributed by atoms with E-state index in [-0.39, 0.29) is 18.0 Å². The summed E-state index contributed by atoms with van der Waals surface area (Å²) in [6, 6.07) is 20.4. The summed E-state index contributed by atoms with van der Waals surface area (Å²) in [5.74, 6) is 0.259. The summed E-state index contributed by atoms with van der Waals surface area (Å²) in [4.78, 5) is 12.6. The average Bonchev–Trinajstić information content (AvgIpc) is 2.77. The van der Waals surface area contributed by atoms with Crippen LogP contribution < -0.4 is 14.8 Å². The van der Waals surface area contributed by atoms with Crippen LogP contribution in [0.15, 0.2) is 72.3 Å². The standard InChI is InChI=1S/C25H21FN2O3/c1-17-6-11-24(30-2)23(12-17)28-25(29)20(15-27)13-18-7-9-22(10-8-18)31-16-19-4-3-5-21(26)14-19/h3-14H,16H2,1-2H3,(H,28,29)/b20-13+. The van der Waals surface area contributed by atoms with Gasteiger partial charge in [-0.2, -0.15) is 5.26 Å². The molecule has 0 aliphatic rings. The smallest absolute Gasteiger partial charge is 0.266 e. The van der Waals surface area contributed by atoms with Crippen LogP contribution in [0.5, 0.6) is 11.5 Å². The number of benzene rings is 3. The Hall–Kier alpha value is -4.11. The molecule has 0 radical (unpaired) electrons. The van der Waals surface area contributed by atoms with Gasteiger partial charge < -0.3 is 14.8 Å². The molecule has 6 heteroatoms. The molecule has 0 aromatic heterocycles. The van der Waals surface area contributed by atoms with Gasteiger partial charge in [0.2, 0.25) is 0 Å². The van der Waals surface area contributed by atoms with Gasteiger partial charge in [0.15, 0.2) is 0 Å². The Morgan fingerprint density at radius 2 is 1.90 bits per heavy atom. The number of ether oxygens (including phenoxy) is 2. The topological polar surface area (TPSA) is 71.3 Å². The minimum Gasteiger partial charge on any atom is -0.495 e. The predicted molar refractivity (Wildman–Crippen MR) is 117 cm³/mol. The number of hydrogen-bond acceptors (Lipinski definition) is 4. The molecule has 31 heavy (non-hydrogen) atoms. The molecular weight excluding hydrogens is 395 g/mol. The molecule has 0 unspecified atom stereocenters. The van der Waals surface area contributed by atoms with E-state index in [2.05, 4.69) is 5.32 Å². The molecule has 0 spiro atoms. The van der Waals surface area contributed by atoms with E-state index < -0.39 is 5.91 Å². The number of methoxy groups -OCH3 is 1. The maximum absolute atomic E-state index is 13.2. The third-order valence-electron chi connectivity index (χ3n) is 4.45. The highest BCUT2D eigenvalue weighted by atomic mass is 19.1. The van der Waals surface area contributed by atoms with Crippen molar-refractivity contribution in [1.29, 1.82) is 5.26 Å². The summed E-state index contributed by atoms with van der Waals surface area (Å²) in [6.45, 7) is 2.13. The highest BCUT2D eigenvalue weighted by Crippen LogP contribution is 2.26. The number of halogens is 1. The van der Waals surface area contributed by atoms with Crippen molar-refractivity contribution in [2.45, 2.75) is 13.5 Å². The predicted octanol–water partition coefficient (Wildman–Crippen LogP) is 5.27. The number of aryl methyl sites for hydroxylation is 1. The second kappa shape index (κ2) is 10.1. The van der Waals surface area contributed by atoms with Gasteiger partial charge >= 0.3 is 0 Å². The van der Waals surface area contributed by atoms with Crippen LogP contribution in [-0.4, -0.2) is 13.0 Å². The van der Waals surface area contributed by atoms with Gasteiger partial charge in [-0.1, -0.05) is 30.3 Å². The molecule has 0 heterocycles. The van der Waals surface area contributed by atoms with E-state index in [1.165, 1.54) is 25.3 Å². The maximum Gasteiger partial charge on any atom is 0.266 e. The average molecular weight is 416 g/mol. The molecule has 3 aromatic carbocycles. The summed E-state index contributed by atoms with van der Waals surface area (Å²) >= 11 is 0. The van der Waals surface area contributed by atoms with E-state index in [9.17, 15) is 14.4 Å². The van der Waals surface area contributed by atoms with Gasteiger partial charge in [0, 0.05) is 0 Å². The zero-order valence-electron chi connectivity index (χ0n) is 17.2. The zero-order chi connectivity index (χ0) is 22.2. The Labute approximate surface area is 180 Å². The quantitative estimate of drug-likeness (QED) is 0.421. The van der Waals surface area contributed by atoms with Crippen LogP contribution in [0.3, 0.4) is 0 Å². The molecule has 0 bridgehead atoms. The molecule has 0 aliphatic carbocycles. The molecule has 0 saturated carbocycles. The molecule has 3 aromatic rings. The molecule has 0 saturated heterocycles. The number of rotatable bonds is 7. The third kappa shape index (κ3) is 5.94. The number of anilines is 1. The first-order valence-corrected chi connectivity index (χ1v) is 9.53. The van der Waals surface area contributed by atoms with E-state index in [4.69, 9.17) is 9.47 Å². The van der Waals surface area contributed by atoms with E-state index >= 15 is 0 Å². The lowest BCUT2D eigenvalue weighted by molar-refractivity contribution is -0.112. The molecule has 3 rings (SSSR count). The van der Waals surface area contributed by atoms with Crippen molar-refractivity contribution >= 4 is 17.7 Å². The fraction of sp³-hybridized carbons (Fsp3) is 0.120. The number of carbonyl (C=O) groups excluding carboxylic acids is 1. The summed E-state index contributed by atoms with van der Waals surface area (Å²) in [5, 5.41) is 12.2. The van der Waals surface area contributed by atoms with Gasteiger partial charge in [-0.25, -0.2) is 4.39 Å². The van der Waals surface area contributed by atoms with Gasteiger partial charge in [-0.05, 0) is 66.1 Å². The number of hydrogen-bond donors (Lipinski definition) is 1. The Balaban J connectivity index is 1.68. The first-order valence-electron chi connectivity index (χ1n) is 9.53. The van der Waals surface area contributed by atoms with Crippen molar-refractivity contribution in [3.05, 3.63) is 94.8 Å². The first kappa shape index (κ1) is 21.6. The van der Waals surface area contributed by atoms with Gasteiger partial charge in [0.25, 0.3) is 5.91 Å². The number of carbonyl (C=O) groups is 1. The molecule has 156 valence electrons. The normalized spacial score (nSPS) is 10.8. The Morgan fingerprint density at radius 3 is 2.58 bits per heavy atom. The highest BCUT2D eigenvalue weighted by Gasteiger charge is 2.13. The van der Waals surface area contributed by atoms with Gasteiger partial charge in [-0.15, -0.1) is 0 Å². The lowest BCUT2D eigenvalue weighted by atomic mass is 10.1. The van der Waals surface area contributed by atoms with Crippen LogP contribution in [0, 0.1) is 24.1 Å². The van der Waals surface area contributed by atoms with Crippen LogP contribution in [-0.2, 0) is 11.4 Å². The fourth-order valence-corrected chi connectivity index (χ4v) is 2.88. The summed E-state index contributed by atoms with van der Waals surface area (Å²) < 4.78 is 24.1. The molecule has 5 nitrogen and oxygen atoms in total. The molecule has 0 atom stereocenters. The Morgan fingerprint density at radius 1 is 1.13 bits per heavy atom. The van der Waals surface area contributed by atoms with E-state index in [0.717, 1.165) is 11.1 Å². The molecule has 0 aliphatic heterocycles. The largest absolute Gasteiger partial charge is 0.495 e. The Bertz CT molecular complexity index is 1150. The number of nitrogens with zero attached hydrogens (tertiary/aromatic N) is 1. The minimum atomic E-state index is -0.530. The minimum absolute atomic E-state index is 0.0445. The second-order valence-electron chi connectivity index (χ2n) is 6.82. The highest BCUT2D eigenvalue weighted by molar-refractivity contribution is 6.10. The van der Waals surface area contributed by atoms with E-state index in [1.807, 2.05) is 19.1 Å². The van der Waals surface area contributed by atoms with Crippen molar-refractivity contribution in [3.63, 3.8) is 0 Å². The van der Waals surface area contributed by atoms with Crippen molar-refractivity contribution < 1.29 is 18.7 Å². The number of amides is 1. The van der Waals surface area contributed by atoms with Crippen molar-refractivity contribution in [1.82, 2.24) is 0 Å². The maximum atomic E-state index is 13.2. The monoisotopic (exact) mass is 416 g/mol. The summed E-state index contributed by atoms with van der Waals surface area (Å²) in [6.07, 6.45) is 1.49. The van der Waals surface area contributed by atoms with Crippen LogP contribution in [0.1, 0.15) is 16.7 Å². The number of nitrogens with one attached hydrogen (secondary N) is 1. The zero-order valence-corrected chi connectivity index (χ0v) is 17.2. The van der Waals surface area contributed by atoms with Crippen molar-refractivity contribution in [2.75, 3.05) is 12.4 Å². The van der Waals surface area contributed by atoms with Crippen molar-refractivity contribution in [2.24, 2.45) is 0 Å². The fourth-order valence-electron chi connectivity index (χ4n) is 2.88. The van der Waals surface area contributed by atoms with Crippen molar-refractivity contribution in [3.8, 4) is 17.6 Å². The van der Waals surface area contributed by atoms with Gasteiger partial charge in [0.05, 0.1) is 12.8 Å². The molecule has 1 N–H and O–H groups in total. The third-order valence-corrected chi connectivity index (χ3v) is 4.45.